The molecule has 2 N–H and O–H groups in total. The predicted octanol–water partition coefficient (Wildman–Crippen LogP) is 2.46. The second-order valence-corrected chi connectivity index (χ2v) is 2.35. The lowest BCUT2D eigenvalue weighted by Crippen LogP contribution is -2.27. The van der Waals surface area contributed by atoms with E-state index in [9.17, 15) is 0 Å². The van der Waals surface area contributed by atoms with E-state index in [4.69, 9.17) is 5.11 Å². The molecule has 0 aromatic heterocycles. The molecule has 0 amide bonds. The summed E-state index contributed by atoms with van der Waals surface area (Å²) in [5.41, 5.74) is 0. The molecule has 0 bridgehead atoms. The molecule has 0 aliphatic carbocycles. The number of nitrogens with one attached hydrogen (secondary N) is 1. The van der Waals surface area contributed by atoms with Crippen molar-refractivity contribution in [3.05, 3.63) is 24.4 Å². The van der Waals surface area contributed by atoms with Gasteiger partial charge < -0.3 is 10.4 Å². The Labute approximate surface area is 82.4 Å². The topological polar surface area (TPSA) is 32.3 Å². The molecular formula is C11H23NO. The number of rotatable bonds is 5. The van der Waals surface area contributed by atoms with E-state index in [-0.39, 0.29) is 12.6 Å². The van der Waals surface area contributed by atoms with Crippen LogP contribution in [0, 0.1) is 0 Å². The van der Waals surface area contributed by atoms with Gasteiger partial charge in [-0.25, -0.2) is 0 Å². The van der Waals surface area contributed by atoms with E-state index >= 15 is 0 Å². The fourth-order valence-electron chi connectivity index (χ4n) is 0.728. The van der Waals surface area contributed by atoms with E-state index < -0.39 is 0 Å². The summed E-state index contributed by atoms with van der Waals surface area (Å²) < 4.78 is 0. The third-order valence-corrected chi connectivity index (χ3v) is 1.38. The van der Waals surface area contributed by atoms with Gasteiger partial charge in [-0.05, 0) is 26.5 Å². The van der Waals surface area contributed by atoms with Crippen molar-refractivity contribution in [2.45, 2.75) is 40.2 Å². The van der Waals surface area contributed by atoms with Gasteiger partial charge in [-0.3, -0.25) is 0 Å². The molecule has 0 aromatic carbocycles. The minimum absolute atomic E-state index is 0.155. The Morgan fingerprint density at radius 2 is 1.85 bits per heavy atom. The van der Waals surface area contributed by atoms with E-state index in [1.807, 2.05) is 52.1 Å². The molecule has 0 saturated carbocycles. The lowest BCUT2D eigenvalue weighted by Gasteiger charge is -2.11. The van der Waals surface area contributed by atoms with Crippen molar-refractivity contribution in [1.29, 1.82) is 0 Å². The SMILES string of the molecule is C/C=C/C[C@H](CO)N/C=C/C.CC. The zero-order chi connectivity index (χ0) is 10.5. The molecule has 0 rings (SSSR count). The molecule has 2 nitrogen and oxygen atoms in total. The van der Waals surface area contributed by atoms with Crippen molar-refractivity contribution >= 4 is 0 Å². The minimum Gasteiger partial charge on any atom is -0.394 e. The van der Waals surface area contributed by atoms with Crippen molar-refractivity contribution in [3.63, 3.8) is 0 Å². The summed E-state index contributed by atoms with van der Waals surface area (Å²) in [5, 5.41) is 11.9. The zero-order valence-corrected chi connectivity index (χ0v) is 9.25. The van der Waals surface area contributed by atoms with Gasteiger partial charge >= 0.3 is 0 Å². The van der Waals surface area contributed by atoms with Gasteiger partial charge in [-0.2, -0.15) is 0 Å². The highest BCUT2D eigenvalue weighted by Gasteiger charge is 1.99. The summed E-state index contributed by atoms with van der Waals surface area (Å²) in [6.45, 7) is 8.09. The van der Waals surface area contributed by atoms with Crippen LogP contribution in [-0.2, 0) is 0 Å². The van der Waals surface area contributed by atoms with Gasteiger partial charge in [-0.1, -0.05) is 32.1 Å². The monoisotopic (exact) mass is 185 g/mol. The van der Waals surface area contributed by atoms with Crippen molar-refractivity contribution in [3.8, 4) is 0 Å². The molecule has 0 radical (unpaired) electrons. The molecule has 13 heavy (non-hydrogen) atoms. The predicted molar refractivity (Wildman–Crippen MR) is 59.6 cm³/mol. The Bertz CT molecular complexity index is 116. The third-order valence-electron chi connectivity index (χ3n) is 1.38. The third kappa shape index (κ3) is 11.2. The summed E-state index contributed by atoms with van der Waals surface area (Å²) in [6, 6.07) is 0.155. The van der Waals surface area contributed by atoms with E-state index in [0.717, 1.165) is 6.42 Å². The van der Waals surface area contributed by atoms with Crippen LogP contribution in [0.3, 0.4) is 0 Å². The normalized spacial score (nSPS) is 12.7. The highest BCUT2D eigenvalue weighted by molar-refractivity contribution is 4.87. The fraction of sp³-hybridized carbons (Fsp3) is 0.636. The first kappa shape index (κ1) is 14.7. The van der Waals surface area contributed by atoms with Crippen LogP contribution in [0.2, 0.25) is 0 Å². The highest BCUT2D eigenvalue weighted by Crippen LogP contribution is 1.92. The molecular weight excluding hydrogens is 162 g/mol. The number of hydrogen-bond donors (Lipinski definition) is 2. The lowest BCUT2D eigenvalue weighted by molar-refractivity contribution is 0.253. The van der Waals surface area contributed by atoms with Gasteiger partial charge in [0.25, 0.3) is 0 Å². The molecule has 2 heteroatoms. The summed E-state index contributed by atoms with van der Waals surface area (Å²) in [5.74, 6) is 0. The summed E-state index contributed by atoms with van der Waals surface area (Å²) in [7, 11) is 0. The molecule has 0 fully saturated rings. The fourth-order valence-corrected chi connectivity index (χ4v) is 0.728. The Hall–Kier alpha value is -0.760. The standard InChI is InChI=1S/C9H17NO.C2H6/c1-3-5-6-9(8-11)10-7-4-2;1-2/h3-5,7,9-11H,6,8H2,1-2H3;1-2H3/b5-3+,7-4+;/t9-;/m1./s1. The van der Waals surface area contributed by atoms with E-state index in [0.29, 0.717) is 0 Å². The number of aliphatic hydroxyl groups excluding tert-OH is 1. The molecule has 0 saturated heterocycles. The second-order valence-electron chi connectivity index (χ2n) is 2.35. The van der Waals surface area contributed by atoms with E-state index in [1.54, 1.807) is 0 Å². The number of allylic oxidation sites excluding steroid dienone is 2. The first-order chi connectivity index (χ1) is 6.35. The summed E-state index contributed by atoms with van der Waals surface area (Å²) in [4.78, 5) is 0. The Morgan fingerprint density at radius 1 is 1.23 bits per heavy atom. The summed E-state index contributed by atoms with van der Waals surface area (Å²) in [6.07, 6.45) is 8.66. The maximum Gasteiger partial charge on any atom is 0.0635 e. The van der Waals surface area contributed by atoms with Crippen LogP contribution in [0.1, 0.15) is 34.1 Å². The quantitative estimate of drug-likeness (QED) is 0.645. The minimum atomic E-state index is 0.155. The van der Waals surface area contributed by atoms with Crippen LogP contribution < -0.4 is 5.32 Å². The zero-order valence-electron chi connectivity index (χ0n) is 9.25. The molecule has 0 aliphatic rings. The largest absolute Gasteiger partial charge is 0.394 e. The van der Waals surface area contributed by atoms with Crippen molar-refractivity contribution in [1.82, 2.24) is 5.32 Å². The Morgan fingerprint density at radius 3 is 2.23 bits per heavy atom. The van der Waals surface area contributed by atoms with Crippen LogP contribution in [0.25, 0.3) is 0 Å². The maximum absolute atomic E-state index is 8.85. The molecule has 78 valence electrons. The van der Waals surface area contributed by atoms with Crippen LogP contribution in [0.4, 0.5) is 0 Å². The first-order valence-electron chi connectivity index (χ1n) is 4.94. The van der Waals surface area contributed by atoms with Crippen molar-refractivity contribution in [2.75, 3.05) is 6.61 Å². The van der Waals surface area contributed by atoms with Gasteiger partial charge in [0, 0.05) is 0 Å². The van der Waals surface area contributed by atoms with Gasteiger partial charge in [0.2, 0.25) is 0 Å². The molecule has 0 spiro atoms. The van der Waals surface area contributed by atoms with Crippen LogP contribution >= 0.6 is 0 Å². The van der Waals surface area contributed by atoms with Crippen LogP contribution in [-0.4, -0.2) is 17.8 Å². The van der Waals surface area contributed by atoms with E-state index in [1.165, 1.54) is 0 Å². The van der Waals surface area contributed by atoms with Crippen molar-refractivity contribution < 1.29 is 5.11 Å². The van der Waals surface area contributed by atoms with Crippen LogP contribution in [0.5, 0.6) is 0 Å². The average molecular weight is 185 g/mol. The Balaban J connectivity index is 0. The number of hydrogen-bond acceptors (Lipinski definition) is 2. The molecule has 0 aliphatic heterocycles. The Kier molecular flexibility index (Phi) is 15.7. The molecule has 0 unspecified atom stereocenters. The highest BCUT2D eigenvalue weighted by atomic mass is 16.3. The maximum atomic E-state index is 8.85. The van der Waals surface area contributed by atoms with Gasteiger partial charge in [0.1, 0.15) is 0 Å². The number of aliphatic hydroxyl groups is 1. The second kappa shape index (κ2) is 13.8. The average Bonchev–Trinajstić information content (AvgIpc) is 2.21. The molecule has 0 aromatic rings. The van der Waals surface area contributed by atoms with Crippen molar-refractivity contribution in [2.24, 2.45) is 0 Å². The first-order valence-corrected chi connectivity index (χ1v) is 4.94. The van der Waals surface area contributed by atoms with Gasteiger partial charge in [0.05, 0.1) is 12.6 Å². The lowest BCUT2D eigenvalue weighted by atomic mass is 10.2. The van der Waals surface area contributed by atoms with Crippen LogP contribution in [0.15, 0.2) is 24.4 Å². The smallest absolute Gasteiger partial charge is 0.0635 e. The van der Waals surface area contributed by atoms with Gasteiger partial charge in [-0.15, -0.1) is 0 Å². The van der Waals surface area contributed by atoms with E-state index in [2.05, 4.69) is 5.32 Å². The van der Waals surface area contributed by atoms with Gasteiger partial charge in [0.15, 0.2) is 0 Å². The summed E-state index contributed by atoms with van der Waals surface area (Å²) >= 11 is 0. The molecule has 1 atom stereocenters. The molecule has 0 heterocycles.